The number of hydrogen-bond acceptors (Lipinski definition) is 3. The van der Waals surface area contributed by atoms with Gasteiger partial charge >= 0.3 is 0 Å². The van der Waals surface area contributed by atoms with Crippen LogP contribution in [0.4, 0.5) is 0 Å². The summed E-state index contributed by atoms with van der Waals surface area (Å²) in [5.74, 6) is 1.37. The van der Waals surface area contributed by atoms with Crippen LogP contribution in [-0.4, -0.2) is 12.6 Å². The van der Waals surface area contributed by atoms with E-state index in [9.17, 15) is 0 Å². The molecule has 0 unspecified atom stereocenters. The zero-order chi connectivity index (χ0) is 20.5. The third-order valence-electron chi connectivity index (χ3n) is 5.44. The van der Waals surface area contributed by atoms with E-state index in [-0.39, 0.29) is 0 Å². The molecule has 0 saturated heterocycles. The van der Waals surface area contributed by atoms with Gasteiger partial charge < -0.3 is 14.8 Å². The van der Waals surface area contributed by atoms with E-state index in [0.29, 0.717) is 35.1 Å². The number of nitrogens with one attached hydrogen (secondary N) is 1. The molecule has 0 spiro atoms. The lowest BCUT2D eigenvalue weighted by atomic mass is 9.96. The van der Waals surface area contributed by atoms with Crippen molar-refractivity contribution >= 4 is 23.2 Å². The molecular weight excluding hydrogens is 405 g/mol. The summed E-state index contributed by atoms with van der Waals surface area (Å²) in [5, 5.41) is 5.09. The molecule has 2 aromatic carbocycles. The first-order chi connectivity index (χ1) is 14.2. The Morgan fingerprint density at radius 2 is 1.55 bits per heavy atom. The molecule has 1 saturated carbocycles. The normalized spacial score (nSPS) is 15.6. The van der Waals surface area contributed by atoms with Crippen molar-refractivity contribution in [3.05, 3.63) is 57.6 Å². The Kier molecular flexibility index (Phi) is 8.97. The van der Waals surface area contributed by atoms with Crippen molar-refractivity contribution in [2.75, 3.05) is 6.61 Å². The van der Waals surface area contributed by atoms with Gasteiger partial charge in [0.05, 0.1) is 6.61 Å². The molecule has 0 heterocycles. The molecule has 0 aliphatic heterocycles. The van der Waals surface area contributed by atoms with Crippen molar-refractivity contribution in [1.29, 1.82) is 0 Å². The van der Waals surface area contributed by atoms with E-state index < -0.39 is 0 Å². The van der Waals surface area contributed by atoms with E-state index in [1.54, 1.807) is 0 Å². The highest BCUT2D eigenvalue weighted by atomic mass is 35.5. The van der Waals surface area contributed by atoms with Gasteiger partial charge in [0.25, 0.3) is 0 Å². The molecule has 1 aliphatic rings. The summed E-state index contributed by atoms with van der Waals surface area (Å²) in [5.41, 5.74) is 1.98. The third-order valence-corrected chi connectivity index (χ3v) is 6.16. The van der Waals surface area contributed by atoms with Gasteiger partial charge in [0.2, 0.25) is 0 Å². The van der Waals surface area contributed by atoms with E-state index in [4.69, 9.17) is 32.7 Å². The zero-order valence-electron chi connectivity index (χ0n) is 17.2. The average molecular weight is 436 g/mol. The number of benzene rings is 2. The van der Waals surface area contributed by atoms with Gasteiger partial charge in [-0.05, 0) is 37.5 Å². The number of rotatable bonds is 8. The standard InChI is InChI=1S/C24H31Cl2NO2/c1-2-28-23-14-19(16-27-20-11-6-4-3-5-7-12-20)22(26)15-24(23)29-17-18-10-8-9-13-21(18)25/h8-10,13-15,20,27H,2-7,11-12,16-17H2,1H3. The monoisotopic (exact) mass is 435 g/mol. The Balaban J connectivity index is 1.67. The predicted molar refractivity (Wildman–Crippen MR) is 121 cm³/mol. The molecular formula is C24H31Cl2NO2. The highest BCUT2D eigenvalue weighted by Crippen LogP contribution is 2.35. The molecule has 0 aromatic heterocycles. The first kappa shape index (κ1) is 22.3. The molecule has 0 bridgehead atoms. The fraction of sp³-hybridized carbons (Fsp3) is 0.500. The van der Waals surface area contributed by atoms with E-state index in [1.165, 1.54) is 44.9 Å². The minimum atomic E-state index is 0.371. The predicted octanol–water partition coefficient (Wildman–Crippen LogP) is 7.17. The van der Waals surface area contributed by atoms with Gasteiger partial charge in [0.15, 0.2) is 11.5 Å². The first-order valence-corrected chi connectivity index (χ1v) is 11.5. The number of hydrogen-bond donors (Lipinski definition) is 1. The molecule has 3 rings (SSSR count). The van der Waals surface area contributed by atoms with E-state index in [2.05, 4.69) is 5.32 Å². The minimum Gasteiger partial charge on any atom is -0.490 e. The van der Waals surface area contributed by atoms with Crippen molar-refractivity contribution < 1.29 is 9.47 Å². The van der Waals surface area contributed by atoms with Crippen LogP contribution in [0.25, 0.3) is 0 Å². The second kappa shape index (κ2) is 11.7. The quantitative estimate of drug-likeness (QED) is 0.476. The van der Waals surface area contributed by atoms with Gasteiger partial charge in [-0.3, -0.25) is 0 Å². The van der Waals surface area contributed by atoms with Crippen molar-refractivity contribution in [1.82, 2.24) is 5.32 Å². The number of ether oxygens (including phenoxy) is 2. The summed E-state index contributed by atoms with van der Waals surface area (Å²) in [4.78, 5) is 0. The highest BCUT2D eigenvalue weighted by Gasteiger charge is 2.15. The molecule has 1 N–H and O–H groups in total. The summed E-state index contributed by atoms with van der Waals surface area (Å²) < 4.78 is 11.8. The maximum absolute atomic E-state index is 6.59. The molecule has 1 fully saturated rings. The van der Waals surface area contributed by atoms with Crippen molar-refractivity contribution in [2.24, 2.45) is 0 Å². The van der Waals surface area contributed by atoms with Gasteiger partial charge in [-0.15, -0.1) is 0 Å². The van der Waals surface area contributed by atoms with Crippen LogP contribution >= 0.6 is 23.2 Å². The summed E-state index contributed by atoms with van der Waals surface area (Å²) >= 11 is 12.8. The van der Waals surface area contributed by atoms with Gasteiger partial charge in [-0.25, -0.2) is 0 Å². The van der Waals surface area contributed by atoms with Crippen LogP contribution in [0.5, 0.6) is 11.5 Å². The van der Waals surface area contributed by atoms with E-state index in [1.807, 2.05) is 43.3 Å². The molecule has 2 aromatic rings. The van der Waals surface area contributed by atoms with Gasteiger partial charge in [0.1, 0.15) is 6.61 Å². The van der Waals surface area contributed by atoms with Crippen LogP contribution in [0.3, 0.4) is 0 Å². The summed E-state index contributed by atoms with van der Waals surface area (Å²) in [7, 11) is 0. The van der Waals surface area contributed by atoms with Gasteiger partial charge in [-0.2, -0.15) is 0 Å². The topological polar surface area (TPSA) is 30.5 Å². The lowest BCUT2D eigenvalue weighted by molar-refractivity contribution is 0.269. The fourth-order valence-corrected chi connectivity index (χ4v) is 4.19. The third kappa shape index (κ3) is 6.80. The SMILES string of the molecule is CCOc1cc(CNC2CCCCCCC2)c(Cl)cc1OCc1ccccc1Cl. The Morgan fingerprint density at radius 1 is 0.862 bits per heavy atom. The molecule has 158 valence electrons. The Bertz CT molecular complexity index is 773. The second-order valence-electron chi connectivity index (χ2n) is 7.63. The number of halogens is 2. The minimum absolute atomic E-state index is 0.371. The van der Waals surface area contributed by atoms with Crippen LogP contribution in [0, 0.1) is 0 Å². The molecule has 0 atom stereocenters. The van der Waals surface area contributed by atoms with Crippen LogP contribution in [0.2, 0.25) is 10.0 Å². The molecule has 29 heavy (non-hydrogen) atoms. The molecule has 5 heteroatoms. The van der Waals surface area contributed by atoms with E-state index in [0.717, 1.165) is 23.4 Å². The molecule has 0 radical (unpaired) electrons. The van der Waals surface area contributed by atoms with Crippen LogP contribution in [-0.2, 0) is 13.2 Å². The Morgan fingerprint density at radius 3 is 2.28 bits per heavy atom. The van der Waals surface area contributed by atoms with Crippen LogP contribution in [0.15, 0.2) is 36.4 Å². The Hall–Kier alpha value is -1.42. The van der Waals surface area contributed by atoms with Crippen molar-refractivity contribution in [3.8, 4) is 11.5 Å². The average Bonchev–Trinajstić information content (AvgIpc) is 2.69. The zero-order valence-corrected chi connectivity index (χ0v) is 18.7. The van der Waals surface area contributed by atoms with E-state index >= 15 is 0 Å². The summed E-state index contributed by atoms with van der Waals surface area (Å²) in [6.07, 6.45) is 9.19. The van der Waals surface area contributed by atoms with Crippen LogP contribution in [0.1, 0.15) is 63.0 Å². The largest absolute Gasteiger partial charge is 0.490 e. The maximum atomic E-state index is 6.59. The summed E-state index contributed by atoms with van der Waals surface area (Å²) in [6, 6.07) is 12.1. The van der Waals surface area contributed by atoms with Gasteiger partial charge in [0, 0.05) is 34.3 Å². The Labute approximate surface area is 184 Å². The smallest absolute Gasteiger partial charge is 0.163 e. The highest BCUT2D eigenvalue weighted by molar-refractivity contribution is 6.31. The lowest BCUT2D eigenvalue weighted by Crippen LogP contribution is -2.29. The fourth-order valence-electron chi connectivity index (χ4n) is 3.78. The summed E-state index contributed by atoms with van der Waals surface area (Å²) in [6.45, 7) is 3.66. The lowest BCUT2D eigenvalue weighted by Gasteiger charge is -2.22. The molecule has 3 nitrogen and oxygen atoms in total. The maximum Gasteiger partial charge on any atom is 0.163 e. The first-order valence-electron chi connectivity index (χ1n) is 10.7. The molecule has 1 aliphatic carbocycles. The van der Waals surface area contributed by atoms with Crippen molar-refractivity contribution in [3.63, 3.8) is 0 Å². The van der Waals surface area contributed by atoms with Crippen LogP contribution < -0.4 is 14.8 Å². The second-order valence-corrected chi connectivity index (χ2v) is 8.44. The van der Waals surface area contributed by atoms with Crippen molar-refractivity contribution in [2.45, 2.75) is 71.1 Å². The van der Waals surface area contributed by atoms with Gasteiger partial charge in [-0.1, -0.05) is 73.5 Å². The molecule has 0 amide bonds.